The van der Waals surface area contributed by atoms with Gasteiger partial charge in [0.05, 0.1) is 0 Å². The molecule has 0 saturated carbocycles. The van der Waals surface area contributed by atoms with Gasteiger partial charge >= 0.3 is 0 Å². The van der Waals surface area contributed by atoms with Gasteiger partial charge in [0.25, 0.3) is 0 Å². The largest absolute Gasteiger partial charge is 0.271 e. The van der Waals surface area contributed by atoms with Crippen LogP contribution < -0.4 is 11.3 Å². The van der Waals surface area contributed by atoms with Crippen LogP contribution in [0, 0.1) is 0 Å². The Morgan fingerprint density at radius 1 is 1.25 bits per heavy atom. The van der Waals surface area contributed by atoms with E-state index in [4.69, 9.17) is 5.84 Å². The van der Waals surface area contributed by atoms with Crippen LogP contribution in [-0.4, -0.2) is 6.04 Å². The molecule has 1 rings (SSSR count). The molecule has 0 aromatic heterocycles. The molecule has 88 valence electrons. The number of nitrogens with one attached hydrogen (secondary N) is 1. The van der Waals surface area contributed by atoms with Crippen LogP contribution in [0.15, 0.2) is 43.0 Å². The van der Waals surface area contributed by atoms with Gasteiger partial charge in [-0.05, 0) is 37.7 Å². The fraction of sp³-hybridized carbons (Fsp3) is 0.429. The molecule has 0 spiro atoms. The molecule has 0 amide bonds. The Morgan fingerprint density at radius 3 is 2.62 bits per heavy atom. The molecule has 0 saturated heterocycles. The molecule has 0 fully saturated rings. The number of hydrogen-bond acceptors (Lipinski definition) is 2. The number of nitrogens with two attached hydrogens (primary N) is 1. The predicted octanol–water partition coefficient (Wildman–Crippen LogP) is 2.81. The van der Waals surface area contributed by atoms with Gasteiger partial charge in [-0.2, -0.15) is 0 Å². The van der Waals surface area contributed by atoms with Crippen molar-refractivity contribution in [2.45, 2.75) is 38.1 Å². The lowest BCUT2D eigenvalue weighted by Crippen LogP contribution is -2.35. The lowest BCUT2D eigenvalue weighted by Gasteiger charge is -2.15. The predicted molar refractivity (Wildman–Crippen MR) is 69.9 cm³/mol. The molecule has 0 bridgehead atoms. The highest BCUT2D eigenvalue weighted by Crippen LogP contribution is 2.09. The number of aryl methyl sites for hydroxylation is 1. The second-order valence-corrected chi connectivity index (χ2v) is 4.11. The normalized spacial score (nSPS) is 12.3. The Labute approximate surface area is 98.5 Å². The minimum atomic E-state index is 0.417. The third-order valence-corrected chi connectivity index (χ3v) is 2.82. The van der Waals surface area contributed by atoms with Crippen molar-refractivity contribution in [1.82, 2.24) is 5.43 Å². The van der Waals surface area contributed by atoms with Crippen LogP contribution in [0.25, 0.3) is 0 Å². The Kier molecular flexibility index (Phi) is 6.54. The highest BCUT2D eigenvalue weighted by molar-refractivity contribution is 5.14. The van der Waals surface area contributed by atoms with Gasteiger partial charge in [-0.25, -0.2) is 0 Å². The quantitative estimate of drug-likeness (QED) is 0.305. The lowest BCUT2D eigenvalue weighted by atomic mass is 10.0. The van der Waals surface area contributed by atoms with E-state index in [0.29, 0.717) is 6.04 Å². The van der Waals surface area contributed by atoms with E-state index in [1.165, 1.54) is 5.56 Å². The second-order valence-electron chi connectivity index (χ2n) is 4.11. The van der Waals surface area contributed by atoms with Crippen LogP contribution in [0.5, 0.6) is 0 Å². The zero-order valence-corrected chi connectivity index (χ0v) is 9.86. The van der Waals surface area contributed by atoms with Crippen molar-refractivity contribution in [1.29, 1.82) is 0 Å². The van der Waals surface area contributed by atoms with Gasteiger partial charge < -0.3 is 0 Å². The standard InChI is InChI=1S/C14H22N2/c1-2-3-5-10-14(16-15)12-11-13-8-6-4-7-9-13/h2,4,6-9,14,16H,1,3,5,10-12,15H2. The maximum Gasteiger partial charge on any atom is 0.0213 e. The molecule has 0 radical (unpaired) electrons. The maximum absolute atomic E-state index is 5.54. The molecule has 3 N–H and O–H groups in total. The highest BCUT2D eigenvalue weighted by Gasteiger charge is 2.05. The monoisotopic (exact) mass is 218 g/mol. The first-order valence-corrected chi connectivity index (χ1v) is 5.97. The zero-order valence-electron chi connectivity index (χ0n) is 9.86. The minimum Gasteiger partial charge on any atom is -0.271 e. The molecule has 1 aromatic rings. The van der Waals surface area contributed by atoms with Crippen LogP contribution in [-0.2, 0) is 6.42 Å². The maximum atomic E-state index is 5.54. The van der Waals surface area contributed by atoms with Gasteiger partial charge in [-0.1, -0.05) is 36.4 Å². The number of unbranched alkanes of at least 4 members (excludes halogenated alkanes) is 1. The molecular weight excluding hydrogens is 196 g/mol. The molecule has 16 heavy (non-hydrogen) atoms. The van der Waals surface area contributed by atoms with Crippen molar-refractivity contribution in [3.8, 4) is 0 Å². The topological polar surface area (TPSA) is 38.0 Å². The van der Waals surface area contributed by atoms with Gasteiger partial charge in [0.2, 0.25) is 0 Å². The molecule has 2 nitrogen and oxygen atoms in total. The van der Waals surface area contributed by atoms with E-state index in [-0.39, 0.29) is 0 Å². The summed E-state index contributed by atoms with van der Waals surface area (Å²) in [6.07, 6.45) is 7.50. The fourth-order valence-corrected chi connectivity index (χ4v) is 1.81. The second kappa shape index (κ2) is 8.08. The van der Waals surface area contributed by atoms with Gasteiger partial charge in [-0.3, -0.25) is 11.3 Å². The number of benzene rings is 1. The Hall–Kier alpha value is -1.12. The summed E-state index contributed by atoms with van der Waals surface area (Å²) >= 11 is 0. The Balaban J connectivity index is 2.25. The molecule has 1 aromatic carbocycles. The molecule has 0 aliphatic carbocycles. The van der Waals surface area contributed by atoms with Gasteiger partial charge in [0, 0.05) is 6.04 Å². The number of hydrazine groups is 1. The summed E-state index contributed by atoms with van der Waals surface area (Å²) in [6, 6.07) is 11.0. The summed E-state index contributed by atoms with van der Waals surface area (Å²) in [7, 11) is 0. The van der Waals surface area contributed by atoms with E-state index in [0.717, 1.165) is 32.1 Å². The van der Waals surface area contributed by atoms with Crippen LogP contribution in [0.1, 0.15) is 31.2 Å². The summed E-state index contributed by atoms with van der Waals surface area (Å²) in [5.41, 5.74) is 4.28. The third-order valence-electron chi connectivity index (χ3n) is 2.82. The van der Waals surface area contributed by atoms with Crippen molar-refractivity contribution in [3.05, 3.63) is 48.6 Å². The van der Waals surface area contributed by atoms with Crippen molar-refractivity contribution < 1.29 is 0 Å². The van der Waals surface area contributed by atoms with E-state index in [1.54, 1.807) is 0 Å². The van der Waals surface area contributed by atoms with Crippen LogP contribution in [0.3, 0.4) is 0 Å². The van der Waals surface area contributed by atoms with Crippen molar-refractivity contribution in [2.24, 2.45) is 5.84 Å². The van der Waals surface area contributed by atoms with Crippen molar-refractivity contribution >= 4 is 0 Å². The average Bonchev–Trinajstić information content (AvgIpc) is 2.35. The molecular formula is C14H22N2. The van der Waals surface area contributed by atoms with Crippen LogP contribution in [0.4, 0.5) is 0 Å². The Bertz CT molecular complexity index is 282. The number of rotatable bonds is 8. The van der Waals surface area contributed by atoms with Crippen LogP contribution in [0.2, 0.25) is 0 Å². The van der Waals surface area contributed by atoms with E-state index in [1.807, 2.05) is 12.1 Å². The number of allylic oxidation sites excluding steroid dienone is 1. The highest BCUT2D eigenvalue weighted by atomic mass is 15.2. The van der Waals surface area contributed by atoms with Crippen molar-refractivity contribution in [2.75, 3.05) is 0 Å². The molecule has 0 aliphatic heterocycles. The average molecular weight is 218 g/mol. The lowest BCUT2D eigenvalue weighted by molar-refractivity contribution is 0.453. The summed E-state index contributed by atoms with van der Waals surface area (Å²) in [5, 5.41) is 0. The number of hydrogen-bond donors (Lipinski definition) is 2. The smallest absolute Gasteiger partial charge is 0.0213 e. The van der Waals surface area contributed by atoms with E-state index in [2.05, 4.69) is 36.3 Å². The molecule has 1 atom stereocenters. The fourth-order valence-electron chi connectivity index (χ4n) is 1.81. The van der Waals surface area contributed by atoms with Crippen LogP contribution >= 0.6 is 0 Å². The molecule has 0 heterocycles. The first kappa shape index (κ1) is 12.9. The minimum absolute atomic E-state index is 0.417. The SMILES string of the molecule is C=CCCCC(CCc1ccccc1)NN. The molecule has 0 aliphatic rings. The van der Waals surface area contributed by atoms with Gasteiger partial charge in [0.15, 0.2) is 0 Å². The Morgan fingerprint density at radius 2 is 2.00 bits per heavy atom. The summed E-state index contributed by atoms with van der Waals surface area (Å²) in [5.74, 6) is 5.54. The molecule has 1 unspecified atom stereocenters. The first-order valence-electron chi connectivity index (χ1n) is 5.97. The summed E-state index contributed by atoms with van der Waals surface area (Å²) in [6.45, 7) is 3.73. The molecule has 2 heteroatoms. The van der Waals surface area contributed by atoms with E-state index in [9.17, 15) is 0 Å². The van der Waals surface area contributed by atoms with E-state index >= 15 is 0 Å². The summed E-state index contributed by atoms with van der Waals surface area (Å²) in [4.78, 5) is 0. The van der Waals surface area contributed by atoms with E-state index < -0.39 is 0 Å². The zero-order chi connectivity index (χ0) is 11.6. The third kappa shape index (κ3) is 5.10. The van der Waals surface area contributed by atoms with Gasteiger partial charge in [-0.15, -0.1) is 6.58 Å². The summed E-state index contributed by atoms with van der Waals surface area (Å²) < 4.78 is 0. The van der Waals surface area contributed by atoms with Crippen molar-refractivity contribution in [3.63, 3.8) is 0 Å². The van der Waals surface area contributed by atoms with Gasteiger partial charge in [0.1, 0.15) is 0 Å². The first-order chi connectivity index (χ1) is 7.86.